The lowest BCUT2D eigenvalue weighted by Gasteiger charge is -2.49. The van der Waals surface area contributed by atoms with E-state index in [0.29, 0.717) is 13.1 Å². The monoisotopic (exact) mass is 251 g/mol. The summed E-state index contributed by atoms with van der Waals surface area (Å²) in [4.78, 5) is 12.9. The zero-order valence-electron chi connectivity index (χ0n) is 10.5. The van der Waals surface area contributed by atoms with E-state index in [0.717, 1.165) is 11.3 Å². The van der Waals surface area contributed by atoms with Crippen LogP contribution >= 0.6 is 0 Å². The maximum Gasteiger partial charge on any atom is 0.307 e. The van der Waals surface area contributed by atoms with Gasteiger partial charge in [-0.1, -0.05) is 18.2 Å². The van der Waals surface area contributed by atoms with Crippen molar-refractivity contribution in [2.45, 2.75) is 12.2 Å². The molecule has 0 aliphatic carbocycles. The number of aliphatic carboxylic acids is 1. The maximum atomic E-state index is 10.8. The molecule has 0 saturated carbocycles. The average molecular weight is 251 g/mol. The molecule has 1 aromatic rings. The molecule has 1 heterocycles. The molecule has 5 nitrogen and oxygen atoms in total. The molecular formula is C13H17NO4. The van der Waals surface area contributed by atoms with Crippen LogP contribution in [-0.2, 0) is 20.7 Å². The zero-order chi connectivity index (χ0) is 13.2. The van der Waals surface area contributed by atoms with Crippen molar-refractivity contribution >= 4 is 11.7 Å². The van der Waals surface area contributed by atoms with Gasteiger partial charge in [0.1, 0.15) is 0 Å². The van der Waals surface area contributed by atoms with Crippen LogP contribution in [0.1, 0.15) is 5.56 Å². The molecule has 0 aromatic heterocycles. The summed E-state index contributed by atoms with van der Waals surface area (Å²) in [5.74, 6) is -1.39. The molecule has 18 heavy (non-hydrogen) atoms. The van der Waals surface area contributed by atoms with Gasteiger partial charge < -0.3 is 19.5 Å². The fraction of sp³-hybridized carbons (Fsp3) is 0.462. The highest BCUT2D eigenvalue weighted by Gasteiger charge is 2.44. The number of carboxylic acid groups (broad SMARTS) is 1. The number of carbonyl (C=O) groups is 1. The molecule has 1 aliphatic rings. The molecule has 0 radical (unpaired) electrons. The van der Waals surface area contributed by atoms with Crippen LogP contribution < -0.4 is 4.90 Å². The van der Waals surface area contributed by atoms with Crippen molar-refractivity contribution in [2.24, 2.45) is 0 Å². The normalized spacial score (nSPS) is 17.3. The molecule has 1 N–H and O–H groups in total. The number of benzene rings is 1. The largest absolute Gasteiger partial charge is 0.481 e. The second-order valence-corrected chi connectivity index (χ2v) is 4.37. The third kappa shape index (κ3) is 2.32. The highest BCUT2D eigenvalue weighted by atomic mass is 16.7. The molecule has 0 bridgehead atoms. The van der Waals surface area contributed by atoms with Crippen LogP contribution in [0.3, 0.4) is 0 Å². The summed E-state index contributed by atoms with van der Waals surface area (Å²) in [7, 11) is 3.23. The van der Waals surface area contributed by atoms with E-state index >= 15 is 0 Å². The molecule has 0 spiro atoms. The minimum absolute atomic E-state index is 0.0274. The number of hydrogen-bond donors (Lipinski definition) is 1. The Bertz CT molecular complexity index is 434. The first-order valence-corrected chi connectivity index (χ1v) is 5.75. The Hall–Kier alpha value is -1.59. The molecule has 1 aromatic carbocycles. The Labute approximate surface area is 106 Å². The molecule has 0 amide bonds. The van der Waals surface area contributed by atoms with Crippen molar-refractivity contribution in [3.8, 4) is 0 Å². The van der Waals surface area contributed by atoms with Gasteiger partial charge >= 0.3 is 5.97 Å². The van der Waals surface area contributed by atoms with Crippen LogP contribution in [0.4, 0.5) is 5.69 Å². The van der Waals surface area contributed by atoms with Gasteiger partial charge in [0.15, 0.2) is 0 Å². The Morgan fingerprint density at radius 3 is 2.50 bits per heavy atom. The molecular weight excluding hydrogens is 234 g/mol. The second kappa shape index (κ2) is 4.96. The number of hydrogen-bond acceptors (Lipinski definition) is 4. The van der Waals surface area contributed by atoms with Gasteiger partial charge in [-0.25, -0.2) is 0 Å². The van der Waals surface area contributed by atoms with Gasteiger partial charge in [-0.05, 0) is 11.6 Å². The van der Waals surface area contributed by atoms with E-state index in [-0.39, 0.29) is 6.42 Å². The van der Waals surface area contributed by atoms with E-state index in [1.807, 2.05) is 24.3 Å². The van der Waals surface area contributed by atoms with Crippen molar-refractivity contribution < 1.29 is 19.4 Å². The predicted molar refractivity (Wildman–Crippen MR) is 66.7 cm³/mol. The number of carboxylic acids is 1. The number of methoxy groups -OCH3 is 2. The van der Waals surface area contributed by atoms with Crippen LogP contribution in [0, 0.1) is 0 Å². The lowest BCUT2D eigenvalue weighted by atomic mass is 10.0. The Balaban J connectivity index is 2.14. The van der Waals surface area contributed by atoms with Crippen molar-refractivity contribution in [2.75, 3.05) is 32.2 Å². The van der Waals surface area contributed by atoms with Crippen molar-refractivity contribution in [3.63, 3.8) is 0 Å². The van der Waals surface area contributed by atoms with Gasteiger partial charge in [0.05, 0.1) is 19.5 Å². The molecule has 1 fully saturated rings. The molecule has 5 heteroatoms. The number of anilines is 1. The summed E-state index contributed by atoms with van der Waals surface area (Å²) < 4.78 is 10.6. The number of nitrogens with zero attached hydrogens (tertiary/aromatic N) is 1. The summed E-state index contributed by atoms with van der Waals surface area (Å²) in [5, 5.41) is 8.89. The second-order valence-electron chi connectivity index (χ2n) is 4.37. The Kier molecular flexibility index (Phi) is 3.54. The van der Waals surface area contributed by atoms with Gasteiger partial charge in [0.25, 0.3) is 0 Å². The lowest BCUT2D eigenvalue weighted by Crippen LogP contribution is -2.64. The highest BCUT2D eigenvalue weighted by Crippen LogP contribution is 2.32. The molecule has 1 saturated heterocycles. The molecule has 0 atom stereocenters. The van der Waals surface area contributed by atoms with Crippen molar-refractivity contribution in [1.29, 1.82) is 0 Å². The fourth-order valence-electron chi connectivity index (χ4n) is 2.18. The van der Waals surface area contributed by atoms with Gasteiger partial charge in [-0.15, -0.1) is 0 Å². The quantitative estimate of drug-likeness (QED) is 0.795. The average Bonchev–Trinajstić information content (AvgIpc) is 2.30. The van der Waals surface area contributed by atoms with Gasteiger partial charge in [0, 0.05) is 19.9 Å². The van der Waals surface area contributed by atoms with Gasteiger partial charge in [0.2, 0.25) is 5.79 Å². The number of para-hydroxylation sites is 1. The van der Waals surface area contributed by atoms with Gasteiger partial charge in [-0.2, -0.15) is 0 Å². The standard InChI is InChI=1S/C13H17NO4/c1-17-13(18-2)8-14(9-13)11-6-4-3-5-10(11)7-12(15)16/h3-6H,7-9H2,1-2H3,(H,15,16). The van der Waals surface area contributed by atoms with E-state index in [4.69, 9.17) is 14.6 Å². The zero-order valence-corrected chi connectivity index (χ0v) is 10.5. The maximum absolute atomic E-state index is 10.8. The lowest BCUT2D eigenvalue weighted by molar-refractivity contribution is -0.219. The molecule has 2 rings (SSSR count). The van der Waals surface area contributed by atoms with E-state index in [1.165, 1.54) is 0 Å². The number of rotatable bonds is 5. The van der Waals surface area contributed by atoms with Gasteiger partial charge in [-0.3, -0.25) is 4.79 Å². The summed E-state index contributed by atoms with van der Waals surface area (Å²) in [6.07, 6.45) is 0.0274. The first-order chi connectivity index (χ1) is 8.60. The molecule has 0 unspecified atom stereocenters. The SMILES string of the molecule is COC1(OC)CN(c2ccccc2CC(=O)O)C1. The summed E-state index contributed by atoms with van der Waals surface area (Å²) >= 11 is 0. The van der Waals surface area contributed by atoms with Crippen molar-refractivity contribution in [1.82, 2.24) is 0 Å². The predicted octanol–water partition coefficient (Wildman–Crippen LogP) is 1.12. The van der Waals surface area contributed by atoms with E-state index in [1.54, 1.807) is 14.2 Å². The third-order valence-corrected chi connectivity index (χ3v) is 3.28. The Morgan fingerprint density at radius 2 is 1.94 bits per heavy atom. The molecule has 98 valence electrons. The van der Waals surface area contributed by atoms with E-state index in [2.05, 4.69) is 4.90 Å². The molecule has 1 aliphatic heterocycles. The first kappa shape index (κ1) is 12.9. The van der Waals surface area contributed by atoms with Crippen LogP contribution in [0.25, 0.3) is 0 Å². The van der Waals surface area contributed by atoms with Crippen molar-refractivity contribution in [3.05, 3.63) is 29.8 Å². The third-order valence-electron chi connectivity index (χ3n) is 3.28. The summed E-state index contributed by atoms with van der Waals surface area (Å²) in [6.45, 7) is 1.22. The topological polar surface area (TPSA) is 59.0 Å². The van der Waals surface area contributed by atoms with Crippen LogP contribution in [-0.4, -0.2) is 44.2 Å². The fourth-order valence-corrected chi connectivity index (χ4v) is 2.18. The summed E-state index contributed by atoms with van der Waals surface area (Å²) in [5.41, 5.74) is 1.75. The van der Waals surface area contributed by atoms with Crippen LogP contribution in [0.5, 0.6) is 0 Å². The summed E-state index contributed by atoms with van der Waals surface area (Å²) in [6, 6.07) is 7.51. The minimum Gasteiger partial charge on any atom is -0.481 e. The minimum atomic E-state index is -0.826. The number of ether oxygens (including phenoxy) is 2. The first-order valence-electron chi connectivity index (χ1n) is 5.75. The van der Waals surface area contributed by atoms with E-state index in [9.17, 15) is 4.79 Å². The highest BCUT2D eigenvalue weighted by molar-refractivity contribution is 5.74. The Morgan fingerprint density at radius 1 is 1.33 bits per heavy atom. The van der Waals surface area contributed by atoms with Crippen LogP contribution in [0.2, 0.25) is 0 Å². The van der Waals surface area contributed by atoms with Crippen LogP contribution in [0.15, 0.2) is 24.3 Å². The smallest absolute Gasteiger partial charge is 0.307 e. The van der Waals surface area contributed by atoms with E-state index < -0.39 is 11.8 Å².